The van der Waals surface area contributed by atoms with Gasteiger partial charge in [-0.25, -0.2) is 4.68 Å². The molecule has 9 heteroatoms. The van der Waals surface area contributed by atoms with E-state index in [-0.39, 0.29) is 0 Å². The summed E-state index contributed by atoms with van der Waals surface area (Å²) < 4.78 is 10.5. The average Bonchev–Trinajstić information content (AvgIpc) is 3.16. The van der Waals surface area contributed by atoms with Crippen LogP contribution in [0, 0.1) is 4.77 Å². The topological polar surface area (TPSA) is 41.7 Å². The lowest BCUT2D eigenvalue weighted by molar-refractivity contribution is 0.121. The third-order valence-corrected chi connectivity index (χ3v) is 7.03. The van der Waals surface area contributed by atoms with E-state index in [0.717, 1.165) is 73.9 Å². The number of anilines is 2. The van der Waals surface area contributed by atoms with E-state index in [2.05, 4.69) is 49.6 Å². The molecule has 7 nitrogen and oxygen atoms in total. The number of piperazine rings is 1. The first-order valence-corrected chi connectivity index (χ1v) is 12.2. The fraction of sp³-hybridized carbons (Fsp3) is 0.417. The van der Waals surface area contributed by atoms with E-state index in [1.807, 2.05) is 28.9 Å². The summed E-state index contributed by atoms with van der Waals surface area (Å²) in [7, 11) is 0. The fourth-order valence-corrected chi connectivity index (χ4v) is 4.95. The molecule has 33 heavy (non-hydrogen) atoms. The minimum absolute atomic E-state index is 0.689. The Morgan fingerprint density at radius 3 is 2.27 bits per heavy atom. The monoisotopic (exact) mass is 484 g/mol. The molecule has 0 bridgehead atoms. The van der Waals surface area contributed by atoms with Gasteiger partial charge in [0, 0.05) is 39.3 Å². The molecular weight excluding hydrogens is 456 g/mol. The molecule has 2 aromatic carbocycles. The van der Waals surface area contributed by atoms with Gasteiger partial charge in [0.15, 0.2) is 0 Å². The van der Waals surface area contributed by atoms with Crippen molar-refractivity contribution < 1.29 is 4.74 Å². The zero-order chi connectivity index (χ0) is 22.6. The van der Waals surface area contributed by atoms with Gasteiger partial charge in [-0.2, -0.15) is 0 Å². The summed E-state index contributed by atoms with van der Waals surface area (Å²) in [5.41, 5.74) is 2.33. The van der Waals surface area contributed by atoms with Crippen molar-refractivity contribution in [2.45, 2.75) is 13.2 Å². The molecule has 1 aromatic heterocycles. The SMILES string of the molecule is S=c1n(CN2CCN(c3ccccc3Cl)CC2)nc(N2CCOCC2)n1Cc1ccccc1. The molecule has 5 rings (SSSR count). The number of hydrogen-bond donors (Lipinski definition) is 0. The predicted octanol–water partition coefficient (Wildman–Crippen LogP) is 3.73. The van der Waals surface area contributed by atoms with E-state index in [4.69, 9.17) is 33.7 Å². The van der Waals surface area contributed by atoms with Gasteiger partial charge in [-0.3, -0.25) is 9.47 Å². The molecule has 0 aliphatic carbocycles. The standard InChI is InChI=1S/C24H29ClN6OS/c25-21-8-4-5-9-22(21)28-12-10-27(11-13-28)19-31-24(33)30(18-20-6-2-1-3-7-20)23(26-31)29-14-16-32-17-15-29/h1-9H,10-19H2. The zero-order valence-corrected chi connectivity index (χ0v) is 20.2. The van der Waals surface area contributed by atoms with E-state index >= 15 is 0 Å². The Morgan fingerprint density at radius 2 is 1.55 bits per heavy atom. The van der Waals surface area contributed by atoms with Crippen LogP contribution in [-0.2, 0) is 18.0 Å². The van der Waals surface area contributed by atoms with Crippen LogP contribution in [0.15, 0.2) is 54.6 Å². The van der Waals surface area contributed by atoms with E-state index in [0.29, 0.717) is 13.2 Å². The first-order chi connectivity index (χ1) is 16.2. The normalized spacial score (nSPS) is 17.5. The Bertz CT molecular complexity index is 1120. The third kappa shape index (κ3) is 5.09. The number of halogens is 1. The number of morpholine rings is 1. The van der Waals surface area contributed by atoms with E-state index in [1.165, 1.54) is 5.56 Å². The number of para-hydroxylation sites is 1. The van der Waals surface area contributed by atoms with Gasteiger partial charge >= 0.3 is 0 Å². The number of ether oxygens (including phenoxy) is 1. The smallest absolute Gasteiger partial charge is 0.226 e. The fourth-order valence-electron chi connectivity index (χ4n) is 4.45. The van der Waals surface area contributed by atoms with Crippen molar-refractivity contribution >= 4 is 35.5 Å². The van der Waals surface area contributed by atoms with Gasteiger partial charge in [0.2, 0.25) is 10.7 Å². The number of rotatable bonds is 6. The van der Waals surface area contributed by atoms with Crippen molar-refractivity contribution in [2.24, 2.45) is 0 Å². The van der Waals surface area contributed by atoms with Crippen LogP contribution in [0.5, 0.6) is 0 Å². The number of nitrogens with zero attached hydrogens (tertiary/aromatic N) is 6. The summed E-state index contributed by atoms with van der Waals surface area (Å²) in [6.45, 7) is 8.23. The molecule has 0 unspecified atom stereocenters. The summed E-state index contributed by atoms with van der Waals surface area (Å²) >= 11 is 12.3. The van der Waals surface area contributed by atoms with Gasteiger partial charge < -0.3 is 14.5 Å². The molecule has 2 aliphatic heterocycles. The second-order valence-corrected chi connectivity index (χ2v) is 9.22. The second-order valence-electron chi connectivity index (χ2n) is 8.45. The molecule has 0 amide bonds. The van der Waals surface area contributed by atoms with Gasteiger partial charge in [-0.15, -0.1) is 5.10 Å². The predicted molar refractivity (Wildman–Crippen MR) is 135 cm³/mol. The Labute approximate surface area is 204 Å². The van der Waals surface area contributed by atoms with Crippen molar-refractivity contribution in [3.05, 3.63) is 70.0 Å². The first-order valence-electron chi connectivity index (χ1n) is 11.4. The molecule has 174 valence electrons. The largest absolute Gasteiger partial charge is 0.378 e. The average molecular weight is 485 g/mol. The highest BCUT2D eigenvalue weighted by atomic mass is 35.5. The Kier molecular flexibility index (Phi) is 6.96. The van der Waals surface area contributed by atoms with Gasteiger partial charge in [0.05, 0.1) is 37.1 Å². The van der Waals surface area contributed by atoms with Crippen LogP contribution in [0.3, 0.4) is 0 Å². The summed E-state index contributed by atoms with van der Waals surface area (Å²) in [6.07, 6.45) is 0. The summed E-state index contributed by atoms with van der Waals surface area (Å²) in [4.78, 5) is 7.05. The highest BCUT2D eigenvalue weighted by Gasteiger charge is 2.23. The summed E-state index contributed by atoms with van der Waals surface area (Å²) in [5, 5.41) is 5.79. The van der Waals surface area contributed by atoms with Crippen LogP contribution in [0.25, 0.3) is 0 Å². The third-order valence-electron chi connectivity index (χ3n) is 6.28. The first kappa shape index (κ1) is 22.4. The lowest BCUT2D eigenvalue weighted by atomic mass is 10.2. The molecule has 0 N–H and O–H groups in total. The van der Waals surface area contributed by atoms with Crippen molar-refractivity contribution in [3.8, 4) is 0 Å². The van der Waals surface area contributed by atoms with Crippen LogP contribution >= 0.6 is 23.8 Å². The van der Waals surface area contributed by atoms with Crippen LogP contribution < -0.4 is 9.80 Å². The maximum Gasteiger partial charge on any atom is 0.226 e. The van der Waals surface area contributed by atoms with E-state index in [9.17, 15) is 0 Å². The molecule has 3 aromatic rings. The molecule has 2 aliphatic rings. The lowest BCUT2D eigenvalue weighted by Crippen LogP contribution is -2.47. The van der Waals surface area contributed by atoms with Gasteiger partial charge in [-0.05, 0) is 29.9 Å². The maximum absolute atomic E-state index is 6.41. The molecule has 0 radical (unpaired) electrons. The van der Waals surface area contributed by atoms with Gasteiger partial charge in [0.1, 0.15) is 0 Å². The highest BCUT2D eigenvalue weighted by molar-refractivity contribution is 7.71. The molecule has 0 spiro atoms. The van der Waals surface area contributed by atoms with Gasteiger partial charge in [-0.1, -0.05) is 54.1 Å². The molecule has 0 saturated carbocycles. The minimum atomic E-state index is 0.689. The Balaban J connectivity index is 1.33. The number of hydrogen-bond acceptors (Lipinski definition) is 6. The molecule has 3 heterocycles. The molecular formula is C24H29ClN6OS. The van der Waals surface area contributed by atoms with E-state index in [1.54, 1.807) is 0 Å². The van der Waals surface area contributed by atoms with Crippen molar-refractivity contribution in [1.82, 2.24) is 19.2 Å². The Hall–Kier alpha value is -2.39. The van der Waals surface area contributed by atoms with Crippen molar-refractivity contribution in [1.29, 1.82) is 0 Å². The quantitative estimate of drug-likeness (QED) is 0.497. The number of aromatic nitrogens is 3. The highest BCUT2D eigenvalue weighted by Crippen LogP contribution is 2.26. The van der Waals surface area contributed by atoms with E-state index < -0.39 is 0 Å². The minimum Gasteiger partial charge on any atom is -0.378 e. The summed E-state index contributed by atoms with van der Waals surface area (Å²) in [5.74, 6) is 0.932. The molecule has 2 saturated heterocycles. The number of benzene rings is 2. The molecule has 2 fully saturated rings. The second kappa shape index (κ2) is 10.3. The van der Waals surface area contributed by atoms with Crippen molar-refractivity contribution in [2.75, 3.05) is 62.3 Å². The van der Waals surface area contributed by atoms with Crippen molar-refractivity contribution in [3.63, 3.8) is 0 Å². The van der Waals surface area contributed by atoms with Gasteiger partial charge in [0.25, 0.3) is 0 Å². The zero-order valence-electron chi connectivity index (χ0n) is 18.6. The molecule has 0 atom stereocenters. The van der Waals surface area contributed by atoms with Crippen LogP contribution in [-0.4, -0.2) is 71.7 Å². The maximum atomic E-state index is 6.41. The Morgan fingerprint density at radius 1 is 0.848 bits per heavy atom. The van der Waals surface area contributed by atoms with Crippen LogP contribution in [0.4, 0.5) is 11.6 Å². The van der Waals surface area contributed by atoms with Crippen LogP contribution in [0.1, 0.15) is 5.56 Å². The van der Waals surface area contributed by atoms with Crippen LogP contribution in [0.2, 0.25) is 5.02 Å². The lowest BCUT2D eigenvalue weighted by Gasteiger charge is -2.36. The summed E-state index contributed by atoms with van der Waals surface area (Å²) in [6, 6.07) is 18.5.